The molecule has 31 heavy (non-hydrogen) atoms. The zero-order valence-corrected chi connectivity index (χ0v) is 18.3. The third-order valence-electron chi connectivity index (χ3n) is 5.21. The Labute approximate surface area is 183 Å². The van der Waals surface area contributed by atoms with E-state index in [1.165, 1.54) is 20.9 Å². The van der Waals surface area contributed by atoms with Crippen LogP contribution in [0.25, 0.3) is 11.2 Å². The maximum Gasteiger partial charge on any atom is 0.332 e. The van der Waals surface area contributed by atoms with E-state index in [1.807, 2.05) is 49.4 Å². The van der Waals surface area contributed by atoms with Crippen LogP contribution in [0.5, 0.6) is 0 Å². The molecule has 0 fully saturated rings. The molecule has 4 aromatic rings. The summed E-state index contributed by atoms with van der Waals surface area (Å²) in [6.45, 7) is 2.15. The number of thioether (sulfide) groups is 1. The van der Waals surface area contributed by atoms with Crippen LogP contribution in [0.3, 0.4) is 0 Å². The number of carbonyl (C=O) groups excluding carboxylic acids is 1. The van der Waals surface area contributed by atoms with Crippen molar-refractivity contribution in [1.82, 2.24) is 18.7 Å². The molecular formula is C23H22N4O3S. The van der Waals surface area contributed by atoms with Crippen molar-refractivity contribution in [3.8, 4) is 0 Å². The fourth-order valence-corrected chi connectivity index (χ4v) is 4.27. The van der Waals surface area contributed by atoms with E-state index in [0.29, 0.717) is 21.9 Å². The molecule has 2 aromatic carbocycles. The second kappa shape index (κ2) is 8.39. The van der Waals surface area contributed by atoms with E-state index in [9.17, 15) is 14.4 Å². The van der Waals surface area contributed by atoms with Crippen molar-refractivity contribution >= 4 is 28.7 Å². The van der Waals surface area contributed by atoms with Gasteiger partial charge in [-0.3, -0.25) is 18.7 Å². The minimum atomic E-state index is -0.424. The van der Waals surface area contributed by atoms with Crippen LogP contribution in [-0.4, -0.2) is 30.2 Å². The lowest BCUT2D eigenvalue weighted by Crippen LogP contribution is -2.39. The van der Waals surface area contributed by atoms with Gasteiger partial charge >= 0.3 is 5.69 Å². The summed E-state index contributed by atoms with van der Waals surface area (Å²) in [4.78, 5) is 43.0. The zero-order chi connectivity index (χ0) is 22.1. The molecule has 0 bridgehead atoms. The van der Waals surface area contributed by atoms with Gasteiger partial charge in [0.1, 0.15) is 0 Å². The van der Waals surface area contributed by atoms with Crippen LogP contribution >= 0.6 is 11.8 Å². The van der Waals surface area contributed by atoms with Gasteiger partial charge in [-0.05, 0) is 12.5 Å². The zero-order valence-electron chi connectivity index (χ0n) is 17.5. The summed E-state index contributed by atoms with van der Waals surface area (Å²) in [5, 5.41) is 0.514. The van der Waals surface area contributed by atoms with E-state index in [2.05, 4.69) is 4.98 Å². The first-order valence-corrected chi connectivity index (χ1v) is 10.8. The standard InChI is InChI=1S/C23H22N4O3S/c1-15-9-11-17(12-10-15)18(28)14-31-22-24-20-19(25(22)2)21(29)27(23(30)26(20)3)13-16-7-5-4-6-8-16/h4-12H,13-14H2,1-3H3. The Bertz CT molecular complexity index is 1380. The van der Waals surface area contributed by atoms with Crippen LogP contribution in [0.2, 0.25) is 0 Å². The number of hydrogen-bond acceptors (Lipinski definition) is 5. The number of rotatable bonds is 6. The number of aromatic nitrogens is 4. The summed E-state index contributed by atoms with van der Waals surface area (Å²) in [6.07, 6.45) is 0. The fourth-order valence-electron chi connectivity index (χ4n) is 3.41. The van der Waals surface area contributed by atoms with Crippen molar-refractivity contribution in [2.45, 2.75) is 18.6 Å². The topological polar surface area (TPSA) is 78.9 Å². The second-order valence-electron chi connectivity index (χ2n) is 7.42. The first-order chi connectivity index (χ1) is 14.9. The van der Waals surface area contributed by atoms with Crippen molar-refractivity contribution in [2.24, 2.45) is 14.1 Å². The summed E-state index contributed by atoms with van der Waals surface area (Å²) in [6, 6.07) is 16.8. The molecule has 0 spiro atoms. The Morgan fingerprint density at radius 3 is 2.32 bits per heavy atom. The highest BCUT2D eigenvalue weighted by Crippen LogP contribution is 2.21. The Morgan fingerprint density at radius 1 is 0.968 bits per heavy atom. The molecule has 0 radical (unpaired) electrons. The number of nitrogens with zero attached hydrogens (tertiary/aromatic N) is 4. The predicted octanol–water partition coefficient (Wildman–Crippen LogP) is 2.77. The Kier molecular flexibility index (Phi) is 5.65. The van der Waals surface area contributed by atoms with Gasteiger partial charge in [-0.15, -0.1) is 0 Å². The predicted molar refractivity (Wildman–Crippen MR) is 122 cm³/mol. The minimum absolute atomic E-state index is 0.0209. The third-order valence-corrected chi connectivity index (χ3v) is 6.24. The number of carbonyl (C=O) groups is 1. The van der Waals surface area contributed by atoms with E-state index in [4.69, 9.17) is 0 Å². The SMILES string of the molecule is Cc1ccc(C(=O)CSc2nc3c(c(=O)n(Cc4ccccc4)c(=O)n3C)n2C)cc1. The van der Waals surface area contributed by atoms with Gasteiger partial charge in [0.05, 0.1) is 12.3 Å². The molecule has 2 heterocycles. The van der Waals surface area contributed by atoms with Gasteiger partial charge in [-0.2, -0.15) is 0 Å². The summed E-state index contributed by atoms with van der Waals surface area (Å²) in [5.41, 5.74) is 2.42. The first-order valence-electron chi connectivity index (χ1n) is 9.79. The van der Waals surface area contributed by atoms with Gasteiger partial charge in [-0.1, -0.05) is 71.9 Å². The lowest BCUT2D eigenvalue weighted by atomic mass is 10.1. The van der Waals surface area contributed by atoms with Crippen LogP contribution in [0, 0.1) is 6.92 Å². The number of imidazole rings is 1. The van der Waals surface area contributed by atoms with E-state index < -0.39 is 11.2 Å². The van der Waals surface area contributed by atoms with Gasteiger partial charge in [0.25, 0.3) is 5.56 Å². The van der Waals surface area contributed by atoms with Crippen molar-refractivity contribution in [1.29, 1.82) is 0 Å². The molecule has 0 N–H and O–H groups in total. The van der Waals surface area contributed by atoms with E-state index in [0.717, 1.165) is 11.1 Å². The fraction of sp³-hybridized carbons (Fsp3) is 0.217. The van der Waals surface area contributed by atoms with Gasteiger partial charge in [0.15, 0.2) is 22.1 Å². The number of benzene rings is 2. The van der Waals surface area contributed by atoms with E-state index >= 15 is 0 Å². The molecule has 7 nitrogen and oxygen atoms in total. The summed E-state index contributed by atoms with van der Waals surface area (Å²) in [7, 11) is 3.33. The highest BCUT2D eigenvalue weighted by Gasteiger charge is 2.19. The minimum Gasteiger partial charge on any atom is -0.316 e. The largest absolute Gasteiger partial charge is 0.332 e. The summed E-state index contributed by atoms with van der Waals surface area (Å²) in [5.74, 6) is 0.166. The van der Waals surface area contributed by atoms with Crippen molar-refractivity contribution in [3.63, 3.8) is 0 Å². The molecule has 0 aliphatic heterocycles. The van der Waals surface area contributed by atoms with Crippen LogP contribution in [0.15, 0.2) is 69.3 Å². The smallest absolute Gasteiger partial charge is 0.316 e. The molecule has 8 heteroatoms. The van der Waals surface area contributed by atoms with E-state index in [-0.39, 0.29) is 18.1 Å². The Morgan fingerprint density at radius 2 is 1.65 bits per heavy atom. The number of Topliss-reactive ketones (excluding diaryl/α,β-unsaturated/α-hetero) is 1. The lowest BCUT2D eigenvalue weighted by molar-refractivity contribution is 0.102. The van der Waals surface area contributed by atoms with Crippen LogP contribution in [0.1, 0.15) is 21.5 Å². The molecule has 0 aliphatic carbocycles. The van der Waals surface area contributed by atoms with Gasteiger partial charge in [0, 0.05) is 19.7 Å². The third kappa shape index (κ3) is 3.98. The molecular weight excluding hydrogens is 412 g/mol. The maximum atomic E-state index is 13.1. The number of ketones is 1. The molecule has 0 atom stereocenters. The normalized spacial score (nSPS) is 11.2. The number of hydrogen-bond donors (Lipinski definition) is 0. The quantitative estimate of drug-likeness (QED) is 0.344. The molecule has 0 unspecified atom stereocenters. The lowest BCUT2D eigenvalue weighted by Gasteiger charge is -2.08. The molecule has 2 aromatic heterocycles. The van der Waals surface area contributed by atoms with E-state index in [1.54, 1.807) is 30.8 Å². The van der Waals surface area contributed by atoms with Gasteiger partial charge in [-0.25, -0.2) is 9.78 Å². The highest BCUT2D eigenvalue weighted by atomic mass is 32.2. The number of aryl methyl sites for hydroxylation is 3. The highest BCUT2D eigenvalue weighted by molar-refractivity contribution is 7.99. The van der Waals surface area contributed by atoms with Crippen LogP contribution < -0.4 is 11.2 Å². The second-order valence-corrected chi connectivity index (χ2v) is 8.36. The van der Waals surface area contributed by atoms with Crippen molar-refractivity contribution < 1.29 is 4.79 Å². The summed E-state index contributed by atoms with van der Waals surface area (Å²) >= 11 is 1.25. The first kappa shape index (κ1) is 20.9. The van der Waals surface area contributed by atoms with Gasteiger partial charge in [0.2, 0.25) is 0 Å². The summed E-state index contributed by atoms with van der Waals surface area (Å²) < 4.78 is 4.25. The van der Waals surface area contributed by atoms with Crippen molar-refractivity contribution in [2.75, 3.05) is 5.75 Å². The Balaban J connectivity index is 1.68. The molecule has 0 saturated carbocycles. The molecule has 4 rings (SSSR count). The molecule has 0 saturated heterocycles. The monoisotopic (exact) mass is 434 g/mol. The van der Waals surface area contributed by atoms with Crippen LogP contribution in [0.4, 0.5) is 0 Å². The molecule has 0 amide bonds. The maximum absolute atomic E-state index is 13.1. The van der Waals surface area contributed by atoms with Crippen molar-refractivity contribution in [3.05, 3.63) is 92.1 Å². The number of fused-ring (bicyclic) bond motifs is 1. The molecule has 158 valence electrons. The van der Waals surface area contributed by atoms with Gasteiger partial charge < -0.3 is 4.57 Å². The molecule has 0 aliphatic rings. The van der Waals surface area contributed by atoms with Crippen LogP contribution in [-0.2, 0) is 20.6 Å². The average Bonchev–Trinajstić information content (AvgIpc) is 3.11. The average molecular weight is 435 g/mol. The Hall–Kier alpha value is -3.39.